The van der Waals surface area contributed by atoms with Gasteiger partial charge < -0.3 is 5.32 Å². The standard InChI is InChI=1S/C11H18F3N3S/c1-3-5-9-10(18-17-16-9)8(15-4-2)6-7-11(12,13)14/h8,15H,3-7H2,1-2H3. The topological polar surface area (TPSA) is 37.8 Å². The molecule has 1 unspecified atom stereocenters. The number of hydrogen-bond acceptors (Lipinski definition) is 4. The van der Waals surface area contributed by atoms with Crippen LogP contribution < -0.4 is 5.32 Å². The first kappa shape index (κ1) is 15.4. The lowest BCUT2D eigenvalue weighted by Gasteiger charge is -2.17. The zero-order valence-electron chi connectivity index (χ0n) is 10.5. The van der Waals surface area contributed by atoms with Crippen LogP contribution in [0.5, 0.6) is 0 Å². The molecule has 1 rings (SSSR count). The fraction of sp³-hybridized carbons (Fsp3) is 0.818. The monoisotopic (exact) mass is 281 g/mol. The van der Waals surface area contributed by atoms with Crippen molar-refractivity contribution in [3.05, 3.63) is 10.6 Å². The van der Waals surface area contributed by atoms with Gasteiger partial charge in [-0.1, -0.05) is 24.8 Å². The maximum absolute atomic E-state index is 12.3. The minimum Gasteiger partial charge on any atom is -0.309 e. The Hall–Kier alpha value is -0.690. The molecule has 0 amide bonds. The van der Waals surface area contributed by atoms with Crippen molar-refractivity contribution < 1.29 is 13.2 Å². The summed E-state index contributed by atoms with van der Waals surface area (Å²) in [4.78, 5) is 0.850. The molecule has 0 radical (unpaired) electrons. The number of aromatic nitrogens is 2. The lowest BCUT2D eigenvalue weighted by Crippen LogP contribution is -2.23. The van der Waals surface area contributed by atoms with Crippen LogP contribution in [0.4, 0.5) is 13.2 Å². The highest BCUT2D eigenvalue weighted by Gasteiger charge is 2.29. The molecule has 3 nitrogen and oxygen atoms in total. The Kier molecular flexibility index (Phi) is 6.01. The van der Waals surface area contributed by atoms with Crippen molar-refractivity contribution in [3.63, 3.8) is 0 Å². The molecule has 0 saturated heterocycles. The average molecular weight is 281 g/mol. The van der Waals surface area contributed by atoms with Crippen LogP contribution in [0.25, 0.3) is 0 Å². The lowest BCUT2D eigenvalue weighted by molar-refractivity contribution is -0.136. The number of alkyl halides is 3. The SMILES string of the molecule is CCCc1nnsc1C(CCC(F)(F)F)NCC. The van der Waals surface area contributed by atoms with Gasteiger partial charge in [-0.15, -0.1) is 5.10 Å². The van der Waals surface area contributed by atoms with Crippen LogP contribution in [0.3, 0.4) is 0 Å². The highest BCUT2D eigenvalue weighted by atomic mass is 32.1. The molecule has 1 heterocycles. The Bertz CT molecular complexity index is 352. The van der Waals surface area contributed by atoms with Crippen molar-refractivity contribution in [2.45, 2.75) is 51.7 Å². The normalized spacial score (nSPS) is 13.8. The van der Waals surface area contributed by atoms with Crippen LogP contribution in [0.1, 0.15) is 49.7 Å². The minimum atomic E-state index is -4.11. The Labute approximate surface area is 109 Å². The van der Waals surface area contributed by atoms with Crippen molar-refractivity contribution in [2.24, 2.45) is 0 Å². The van der Waals surface area contributed by atoms with Crippen LogP contribution in [0.2, 0.25) is 0 Å². The van der Waals surface area contributed by atoms with E-state index in [4.69, 9.17) is 0 Å². The van der Waals surface area contributed by atoms with Crippen molar-refractivity contribution in [1.82, 2.24) is 14.9 Å². The molecule has 0 spiro atoms. The van der Waals surface area contributed by atoms with E-state index in [1.165, 1.54) is 11.5 Å². The maximum atomic E-state index is 12.3. The van der Waals surface area contributed by atoms with Crippen molar-refractivity contribution in [3.8, 4) is 0 Å². The molecule has 0 aliphatic carbocycles. The van der Waals surface area contributed by atoms with E-state index >= 15 is 0 Å². The first-order valence-electron chi connectivity index (χ1n) is 6.09. The van der Waals surface area contributed by atoms with E-state index in [-0.39, 0.29) is 12.5 Å². The largest absolute Gasteiger partial charge is 0.389 e. The third-order valence-electron chi connectivity index (χ3n) is 2.56. The molecule has 1 atom stereocenters. The molecule has 0 aliphatic rings. The fourth-order valence-corrected chi connectivity index (χ4v) is 2.57. The second-order valence-electron chi connectivity index (χ2n) is 4.10. The highest BCUT2D eigenvalue weighted by molar-refractivity contribution is 7.05. The number of rotatable bonds is 7. The van der Waals surface area contributed by atoms with Crippen LogP contribution >= 0.6 is 11.5 Å². The zero-order chi connectivity index (χ0) is 13.6. The van der Waals surface area contributed by atoms with Crippen molar-refractivity contribution in [1.29, 1.82) is 0 Å². The number of aryl methyl sites for hydroxylation is 1. The molecule has 0 bridgehead atoms. The van der Waals surface area contributed by atoms with E-state index in [0.29, 0.717) is 6.54 Å². The lowest BCUT2D eigenvalue weighted by atomic mass is 10.1. The van der Waals surface area contributed by atoms with E-state index in [1.807, 2.05) is 13.8 Å². The number of nitrogens with zero attached hydrogens (tertiary/aromatic N) is 2. The van der Waals surface area contributed by atoms with Crippen molar-refractivity contribution >= 4 is 11.5 Å². The number of hydrogen-bond donors (Lipinski definition) is 1. The van der Waals surface area contributed by atoms with E-state index in [1.54, 1.807) is 0 Å². The highest BCUT2D eigenvalue weighted by Crippen LogP contribution is 2.30. The second-order valence-corrected chi connectivity index (χ2v) is 4.88. The fourth-order valence-electron chi connectivity index (χ4n) is 1.77. The summed E-state index contributed by atoms with van der Waals surface area (Å²) in [5.41, 5.74) is 0.829. The molecular formula is C11H18F3N3S. The minimum absolute atomic E-state index is 0.0396. The summed E-state index contributed by atoms with van der Waals surface area (Å²) in [6.07, 6.45) is -3.18. The van der Waals surface area contributed by atoms with Gasteiger partial charge in [-0.05, 0) is 30.9 Å². The molecule has 104 valence electrons. The maximum Gasteiger partial charge on any atom is 0.389 e. The molecular weight excluding hydrogens is 263 g/mol. The third kappa shape index (κ3) is 4.89. The van der Waals surface area contributed by atoms with Crippen LogP contribution in [-0.2, 0) is 6.42 Å². The molecule has 1 aromatic rings. The summed E-state index contributed by atoms with van der Waals surface area (Å²) in [6, 6.07) is -0.293. The molecule has 0 fully saturated rings. The van der Waals surface area contributed by atoms with Crippen LogP contribution in [-0.4, -0.2) is 22.3 Å². The van der Waals surface area contributed by atoms with Crippen molar-refractivity contribution in [2.75, 3.05) is 6.54 Å². The number of nitrogens with one attached hydrogen (secondary N) is 1. The number of halogens is 3. The summed E-state index contributed by atoms with van der Waals surface area (Å²) in [6.45, 7) is 4.53. The summed E-state index contributed by atoms with van der Waals surface area (Å²) >= 11 is 1.20. The van der Waals surface area contributed by atoms with Gasteiger partial charge in [-0.2, -0.15) is 13.2 Å². The third-order valence-corrected chi connectivity index (χ3v) is 3.44. The predicted octanol–water partition coefficient (Wildman–Crippen LogP) is 3.48. The van der Waals surface area contributed by atoms with Gasteiger partial charge in [0, 0.05) is 12.5 Å². The Morgan fingerprint density at radius 3 is 2.61 bits per heavy atom. The van der Waals surface area contributed by atoms with E-state index < -0.39 is 12.6 Å². The smallest absolute Gasteiger partial charge is 0.309 e. The molecule has 18 heavy (non-hydrogen) atoms. The van der Waals surface area contributed by atoms with E-state index in [0.717, 1.165) is 23.4 Å². The summed E-state index contributed by atoms with van der Waals surface area (Å²) in [7, 11) is 0. The van der Waals surface area contributed by atoms with Gasteiger partial charge in [0.05, 0.1) is 10.6 Å². The van der Waals surface area contributed by atoms with Gasteiger partial charge in [0.25, 0.3) is 0 Å². The molecule has 0 saturated carbocycles. The first-order valence-corrected chi connectivity index (χ1v) is 6.86. The van der Waals surface area contributed by atoms with Gasteiger partial charge in [-0.25, -0.2) is 0 Å². The average Bonchev–Trinajstić information content (AvgIpc) is 2.72. The van der Waals surface area contributed by atoms with Crippen LogP contribution in [0.15, 0.2) is 0 Å². The Morgan fingerprint density at radius 1 is 1.33 bits per heavy atom. The molecule has 1 aromatic heterocycles. The quantitative estimate of drug-likeness (QED) is 0.831. The van der Waals surface area contributed by atoms with E-state index in [2.05, 4.69) is 14.9 Å². The van der Waals surface area contributed by atoms with Gasteiger partial charge in [0.15, 0.2) is 0 Å². The Morgan fingerprint density at radius 2 is 2.06 bits per heavy atom. The predicted molar refractivity (Wildman–Crippen MR) is 65.6 cm³/mol. The van der Waals surface area contributed by atoms with Gasteiger partial charge in [0.2, 0.25) is 0 Å². The summed E-state index contributed by atoms with van der Waals surface area (Å²) < 4.78 is 40.7. The van der Waals surface area contributed by atoms with Gasteiger partial charge >= 0.3 is 6.18 Å². The van der Waals surface area contributed by atoms with Crippen LogP contribution in [0, 0.1) is 0 Å². The molecule has 7 heteroatoms. The first-order chi connectivity index (χ1) is 8.48. The molecule has 1 N–H and O–H groups in total. The van der Waals surface area contributed by atoms with E-state index in [9.17, 15) is 13.2 Å². The molecule has 0 aliphatic heterocycles. The second kappa shape index (κ2) is 7.04. The van der Waals surface area contributed by atoms with Gasteiger partial charge in [-0.3, -0.25) is 0 Å². The summed E-state index contributed by atoms with van der Waals surface area (Å²) in [5.74, 6) is 0. The summed E-state index contributed by atoms with van der Waals surface area (Å²) in [5, 5.41) is 7.09. The Balaban J connectivity index is 2.73. The zero-order valence-corrected chi connectivity index (χ0v) is 11.4. The molecule has 0 aromatic carbocycles. The van der Waals surface area contributed by atoms with Gasteiger partial charge in [0.1, 0.15) is 0 Å².